The van der Waals surface area contributed by atoms with Crippen LogP contribution in [-0.4, -0.2) is 14.8 Å². The summed E-state index contributed by atoms with van der Waals surface area (Å²) in [6.45, 7) is 1.73. The topological polar surface area (TPSA) is 74.5 Å². The summed E-state index contributed by atoms with van der Waals surface area (Å²) in [6.07, 6.45) is 0. The van der Waals surface area contributed by atoms with Gasteiger partial charge in [0.05, 0.1) is 17.3 Å². The van der Waals surface area contributed by atoms with Crippen LogP contribution in [0.15, 0.2) is 29.1 Å². The highest BCUT2D eigenvalue weighted by atomic mass is 16.1. The van der Waals surface area contributed by atoms with Gasteiger partial charge in [-0.15, -0.1) is 0 Å². The molecule has 1 N–H and O–H groups in total. The third-order valence-corrected chi connectivity index (χ3v) is 2.05. The van der Waals surface area contributed by atoms with Gasteiger partial charge in [-0.3, -0.25) is 0 Å². The van der Waals surface area contributed by atoms with Crippen molar-refractivity contribution in [2.75, 3.05) is 0 Å². The molecule has 5 heteroatoms. The van der Waals surface area contributed by atoms with Crippen LogP contribution in [0.5, 0.6) is 0 Å². The van der Waals surface area contributed by atoms with Crippen LogP contribution < -0.4 is 5.69 Å². The smallest absolute Gasteiger partial charge is 0.244 e. The van der Waals surface area contributed by atoms with E-state index >= 15 is 0 Å². The molecule has 0 aliphatic carbocycles. The molecule has 0 unspecified atom stereocenters. The largest absolute Gasteiger partial charge is 0.361 e. The Labute approximate surface area is 85.6 Å². The summed E-state index contributed by atoms with van der Waals surface area (Å²) in [6, 6.07) is 8.91. The minimum atomic E-state index is -0.378. The minimum absolute atomic E-state index is 0.378. The molecule has 5 nitrogen and oxygen atoms in total. The van der Waals surface area contributed by atoms with Gasteiger partial charge in [-0.2, -0.15) is 10.2 Å². The van der Waals surface area contributed by atoms with Gasteiger partial charge in [0.15, 0.2) is 0 Å². The lowest BCUT2D eigenvalue weighted by Gasteiger charge is -2.02. The molecule has 0 fully saturated rings. The number of nitrogens with one attached hydrogen (secondary N) is 1. The highest BCUT2D eigenvalue weighted by Crippen LogP contribution is 2.08. The van der Waals surface area contributed by atoms with Crippen molar-refractivity contribution in [3.63, 3.8) is 0 Å². The number of rotatable bonds is 1. The Balaban J connectivity index is 2.51. The highest BCUT2D eigenvalue weighted by Gasteiger charge is 2.02. The molecule has 0 aliphatic heterocycles. The molecule has 0 amide bonds. The maximum Gasteiger partial charge on any atom is 0.361 e. The molecule has 1 aromatic carbocycles. The van der Waals surface area contributed by atoms with Crippen LogP contribution in [0.4, 0.5) is 0 Å². The summed E-state index contributed by atoms with van der Waals surface area (Å²) in [7, 11) is 0. The van der Waals surface area contributed by atoms with Crippen LogP contribution in [0, 0.1) is 18.3 Å². The molecule has 0 aliphatic rings. The van der Waals surface area contributed by atoms with Gasteiger partial charge in [0.1, 0.15) is 5.82 Å². The summed E-state index contributed by atoms with van der Waals surface area (Å²) in [5.41, 5.74) is 0.983. The fraction of sp³-hybridized carbons (Fsp3) is 0.100. The average Bonchev–Trinajstić information content (AvgIpc) is 2.58. The van der Waals surface area contributed by atoms with Gasteiger partial charge >= 0.3 is 5.69 Å². The van der Waals surface area contributed by atoms with Crippen LogP contribution in [0.1, 0.15) is 11.4 Å². The zero-order valence-electron chi connectivity index (χ0n) is 8.06. The second-order valence-electron chi connectivity index (χ2n) is 3.07. The Morgan fingerprint density at radius 1 is 1.40 bits per heavy atom. The van der Waals surface area contributed by atoms with E-state index in [2.05, 4.69) is 10.1 Å². The van der Waals surface area contributed by atoms with E-state index in [1.54, 1.807) is 35.9 Å². The summed E-state index contributed by atoms with van der Waals surface area (Å²) < 4.78 is 1.57. The standard InChI is InChI=1S/C10H8N4O/c1-7-12-10(15)13-14(7)9-4-2-8(6-11)3-5-9/h2-5H,1H3,(H,13,15). The Bertz CT molecular complexity index is 571. The molecule has 0 saturated heterocycles. The number of aromatic nitrogens is 3. The van der Waals surface area contributed by atoms with Crippen LogP contribution in [0.3, 0.4) is 0 Å². The third kappa shape index (κ3) is 1.65. The van der Waals surface area contributed by atoms with Gasteiger partial charge < -0.3 is 0 Å². The Hall–Kier alpha value is -2.35. The molecule has 15 heavy (non-hydrogen) atoms. The van der Waals surface area contributed by atoms with Gasteiger partial charge in [-0.1, -0.05) is 0 Å². The van der Waals surface area contributed by atoms with Gasteiger partial charge in [-0.25, -0.2) is 14.6 Å². The molecule has 2 rings (SSSR count). The molecule has 2 aromatic rings. The molecule has 74 valence electrons. The fourth-order valence-corrected chi connectivity index (χ4v) is 1.33. The van der Waals surface area contributed by atoms with Crippen molar-refractivity contribution in [3.05, 3.63) is 46.1 Å². The van der Waals surface area contributed by atoms with Crippen molar-refractivity contribution in [1.82, 2.24) is 14.8 Å². The maximum atomic E-state index is 11.0. The number of nitrogens with zero attached hydrogens (tertiary/aromatic N) is 3. The first-order valence-electron chi connectivity index (χ1n) is 4.37. The van der Waals surface area contributed by atoms with Crippen molar-refractivity contribution in [3.8, 4) is 11.8 Å². The summed E-state index contributed by atoms with van der Waals surface area (Å²) in [5, 5.41) is 11.2. The van der Waals surface area contributed by atoms with Gasteiger partial charge in [-0.05, 0) is 31.2 Å². The van der Waals surface area contributed by atoms with E-state index in [-0.39, 0.29) is 5.69 Å². The number of hydrogen-bond acceptors (Lipinski definition) is 3. The van der Waals surface area contributed by atoms with Gasteiger partial charge in [0.25, 0.3) is 0 Å². The van der Waals surface area contributed by atoms with E-state index in [0.717, 1.165) is 5.69 Å². The van der Waals surface area contributed by atoms with E-state index in [9.17, 15) is 4.79 Å². The predicted octanol–water partition coefficient (Wildman–Crippen LogP) is 0.741. The Morgan fingerprint density at radius 3 is 2.53 bits per heavy atom. The molecular formula is C10H8N4O. The van der Waals surface area contributed by atoms with E-state index in [0.29, 0.717) is 11.4 Å². The first-order chi connectivity index (χ1) is 7.20. The van der Waals surface area contributed by atoms with E-state index < -0.39 is 0 Å². The number of aryl methyl sites for hydroxylation is 1. The average molecular weight is 200 g/mol. The molecule has 1 aromatic heterocycles. The number of hydrogen-bond donors (Lipinski definition) is 1. The van der Waals surface area contributed by atoms with E-state index in [1.807, 2.05) is 6.07 Å². The van der Waals surface area contributed by atoms with Crippen LogP contribution >= 0.6 is 0 Å². The molecule has 0 radical (unpaired) electrons. The fourth-order valence-electron chi connectivity index (χ4n) is 1.33. The molecule has 0 spiro atoms. The molecule has 0 atom stereocenters. The van der Waals surface area contributed by atoms with Crippen LogP contribution in [0.2, 0.25) is 0 Å². The van der Waals surface area contributed by atoms with Crippen molar-refractivity contribution < 1.29 is 0 Å². The lowest BCUT2D eigenvalue weighted by molar-refractivity contribution is 0.831. The van der Waals surface area contributed by atoms with E-state index in [1.165, 1.54) is 0 Å². The van der Waals surface area contributed by atoms with Crippen molar-refractivity contribution in [2.45, 2.75) is 6.92 Å². The Morgan fingerprint density at radius 2 is 2.07 bits per heavy atom. The molecule has 1 heterocycles. The lowest BCUT2D eigenvalue weighted by Crippen LogP contribution is -2.05. The maximum absolute atomic E-state index is 11.0. The minimum Gasteiger partial charge on any atom is -0.244 e. The zero-order chi connectivity index (χ0) is 10.8. The quantitative estimate of drug-likeness (QED) is 0.737. The predicted molar refractivity (Wildman–Crippen MR) is 53.6 cm³/mol. The summed E-state index contributed by atoms with van der Waals surface area (Å²) >= 11 is 0. The first-order valence-corrected chi connectivity index (χ1v) is 4.37. The summed E-state index contributed by atoms with van der Waals surface area (Å²) in [4.78, 5) is 14.7. The second-order valence-corrected chi connectivity index (χ2v) is 3.07. The van der Waals surface area contributed by atoms with Crippen molar-refractivity contribution >= 4 is 0 Å². The molecule has 0 bridgehead atoms. The lowest BCUT2D eigenvalue weighted by atomic mass is 10.2. The van der Waals surface area contributed by atoms with Crippen LogP contribution in [0.25, 0.3) is 5.69 Å². The number of aromatic amines is 1. The number of benzene rings is 1. The van der Waals surface area contributed by atoms with Gasteiger partial charge in [0, 0.05) is 0 Å². The first kappa shape index (κ1) is 9.21. The zero-order valence-corrected chi connectivity index (χ0v) is 8.06. The number of H-pyrrole nitrogens is 1. The molecular weight excluding hydrogens is 192 g/mol. The van der Waals surface area contributed by atoms with Gasteiger partial charge in [0.2, 0.25) is 0 Å². The monoisotopic (exact) mass is 200 g/mol. The second kappa shape index (κ2) is 3.42. The molecule has 0 saturated carbocycles. The van der Waals surface area contributed by atoms with Crippen molar-refractivity contribution in [2.24, 2.45) is 0 Å². The normalized spacial score (nSPS) is 9.87. The third-order valence-electron chi connectivity index (χ3n) is 2.05. The highest BCUT2D eigenvalue weighted by molar-refractivity contribution is 5.38. The number of nitriles is 1. The van der Waals surface area contributed by atoms with Crippen LogP contribution in [-0.2, 0) is 0 Å². The van der Waals surface area contributed by atoms with E-state index in [4.69, 9.17) is 5.26 Å². The SMILES string of the molecule is Cc1nc(=O)[nH]n1-c1ccc(C#N)cc1. The summed E-state index contributed by atoms with van der Waals surface area (Å²) in [5.74, 6) is 0.588. The van der Waals surface area contributed by atoms with Crippen molar-refractivity contribution in [1.29, 1.82) is 5.26 Å². The Kier molecular flexibility index (Phi) is 2.10.